The second-order valence-electron chi connectivity index (χ2n) is 4.13. The van der Waals surface area contributed by atoms with Crippen molar-refractivity contribution >= 4 is 21.6 Å². The summed E-state index contributed by atoms with van der Waals surface area (Å²) in [6.45, 7) is 0.374. The Hall–Kier alpha value is -1.40. The van der Waals surface area contributed by atoms with Crippen LogP contribution in [0.4, 0.5) is 5.69 Å². The summed E-state index contributed by atoms with van der Waals surface area (Å²) in [4.78, 5) is 11.2. The van der Waals surface area contributed by atoms with Crippen LogP contribution in [0.2, 0.25) is 0 Å². The standard InChI is InChI=1S/C11H14N2O3S/c1-17(15,16)12-5-4-8-2-3-10-9(6-8)7-11(14)13-10/h2-3,6,12H,4-5,7H2,1H3,(H,13,14). The van der Waals surface area contributed by atoms with Crippen LogP contribution in [0.25, 0.3) is 0 Å². The molecule has 1 aliphatic heterocycles. The lowest BCUT2D eigenvalue weighted by Gasteiger charge is -2.05. The Labute approximate surface area is 100 Å². The van der Waals surface area contributed by atoms with Crippen LogP contribution >= 0.6 is 0 Å². The molecular weight excluding hydrogens is 240 g/mol. The lowest BCUT2D eigenvalue weighted by molar-refractivity contribution is -0.115. The first-order valence-electron chi connectivity index (χ1n) is 5.30. The Morgan fingerprint density at radius 3 is 2.88 bits per heavy atom. The number of hydrogen-bond donors (Lipinski definition) is 2. The first kappa shape index (κ1) is 12.1. The summed E-state index contributed by atoms with van der Waals surface area (Å²) in [6.07, 6.45) is 2.16. The number of carbonyl (C=O) groups is 1. The SMILES string of the molecule is CS(=O)(=O)NCCc1ccc2c(c1)CC(=O)N2. The van der Waals surface area contributed by atoms with E-state index in [-0.39, 0.29) is 5.91 Å². The van der Waals surface area contributed by atoms with Gasteiger partial charge in [0.05, 0.1) is 12.7 Å². The van der Waals surface area contributed by atoms with E-state index in [0.29, 0.717) is 19.4 Å². The first-order valence-corrected chi connectivity index (χ1v) is 7.19. The summed E-state index contributed by atoms with van der Waals surface area (Å²) in [5.74, 6) is 0.00594. The second kappa shape index (κ2) is 4.46. The minimum absolute atomic E-state index is 0.00594. The van der Waals surface area contributed by atoms with Crippen LogP contribution in [0, 0.1) is 0 Å². The topological polar surface area (TPSA) is 75.3 Å². The second-order valence-corrected chi connectivity index (χ2v) is 5.97. The van der Waals surface area contributed by atoms with Gasteiger partial charge < -0.3 is 5.32 Å². The zero-order valence-corrected chi connectivity index (χ0v) is 10.3. The molecule has 0 unspecified atom stereocenters. The molecule has 0 saturated carbocycles. The fourth-order valence-corrected chi connectivity index (χ4v) is 2.29. The van der Waals surface area contributed by atoms with Crippen LogP contribution in [0.15, 0.2) is 18.2 Å². The molecule has 0 fully saturated rings. The first-order chi connectivity index (χ1) is 7.94. The fourth-order valence-electron chi connectivity index (χ4n) is 1.82. The van der Waals surface area contributed by atoms with E-state index in [1.807, 2.05) is 18.2 Å². The van der Waals surface area contributed by atoms with Gasteiger partial charge in [0.2, 0.25) is 15.9 Å². The van der Waals surface area contributed by atoms with Gasteiger partial charge >= 0.3 is 0 Å². The fraction of sp³-hybridized carbons (Fsp3) is 0.364. The Bertz CT molecular complexity index is 552. The number of rotatable bonds is 4. The molecule has 1 heterocycles. The van der Waals surface area contributed by atoms with Gasteiger partial charge in [-0.2, -0.15) is 0 Å². The molecule has 0 atom stereocenters. The molecule has 0 aliphatic carbocycles. The van der Waals surface area contributed by atoms with E-state index in [1.165, 1.54) is 0 Å². The summed E-state index contributed by atoms with van der Waals surface area (Å²) in [5, 5.41) is 2.75. The highest BCUT2D eigenvalue weighted by Crippen LogP contribution is 2.23. The number of benzene rings is 1. The number of amides is 1. The van der Waals surface area contributed by atoms with Crippen molar-refractivity contribution < 1.29 is 13.2 Å². The third kappa shape index (κ3) is 3.28. The number of anilines is 1. The van der Waals surface area contributed by atoms with Crippen LogP contribution in [0.1, 0.15) is 11.1 Å². The number of nitrogens with one attached hydrogen (secondary N) is 2. The Balaban J connectivity index is 2.00. The van der Waals surface area contributed by atoms with Gasteiger partial charge in [-0.05, 0) is 23.6 Å². The average Bonchev–Trinajstić information content (AvgIpc) is 2.55. The molecule has 6 heteroatoms. The van der Waals surface area contributed by atoms with Gasteiger partial charge in [0.25, 0.3) is 0 Å². The highest BCUT2D eigenvalue weighted by atomic mass is 32.2. The Morgan fingerprint density at radius 1 is 1.41 bits per heavy atom. The molecule has 17 heavy (non-hydrogen) atoms. The Kier molecular flexibility index (Phi) is 3.17. The highest BCUT2D eigenvalue weighted by Gasteiger charge is 2.17. The monoisotopic (exact) mass is 254 g/mol. The van der Waals surface area contributed by atoms with E-state index in [1.54, 1.807) is 0 Å². The largest absolute Gasteiger partial charge is 0.326 e. The van der Waals surface area contributed by atoms with Crippen molar-refractivity contribution in [2.45, 2.75) is 12.8 Å². The molecule has 0 spiro atoms. The third-order valence-electron chi connectivity index (χ3n) is 2.57. The molecule has 0 aromatic heterocycles. The van der Waals surface area contributed by atoms with Gasteiger partial charge in [-0.3, -0.25) is 4.79 Å². The van der Waals surface area contributed by atoms with Crippen molar-refractivity contribution in [3.63, 3.8) is 0 Å². The zero-order valence-electron chi connectivity index (χ0n) is 9.49. The van der Waals surface area contributed by atoms with Gasteiger partial charge in [-0.1, -0.05) is 12.1 Å². The van der Waals surface area contributed by atoms with Crippen LogP contribution in [0.3, 0.4) is 0 Å². The number of carbonyl (C=O) groups excluding carboxylic acids is 1. The summed E-state index contributed by atoms with van der Waals surface area (Å²) in [6, 6.07) is 5.70. The third-order valence-corrected chi connectivity index (χ3v) is 3.30. The summed E-state index contributed by atoms with van der Waals surface area (Å²) in [5.41, 5.74) is 2.86. The molecule has 1 amide bonds. The highest BCUT2D eigenvalue weighted by molar-refractivity contribution is 7.88. The summed E-state index contributed by atoms with van der Waals surface area (Å²) in [7, 11) is -3.13. The van der Waals surface area contributed by atoms with Crippen LogP contribution in [-0.4, -0.2) is 27.1 Å². The summed E-state index contributed by atoms with van der Waals surface area (Å²) >= 11 is 0. The Morgan fingerprint density at radius 2 is 2.18 bits per heavy atom. The smallest absolute Gasteiger partial charge is 0.228 e. The summed E-state index contributed by atoms with van der Waals surface area (Å²) < 4.78 is 24.2. The quantitative estimate of drug-likeness (QED) is 0.810. The zero-order chi connectivity index (χ0) is 12.5. The van der Waals surface area contributed by atoms with E-state index in [4.69, 9.17) is 0 Å². The molecule has 1 aliphatic rings. The van der Waals surface area contributed by atoms with Crippen molar-refractivity contribution in [3.05, 3.63) is 29.3 Å². The molecule has 5 nitrogen and oxygen atoms in total. The van der Waals surface area contributed by atoms with Crippen LogP contribution < -0.4 is 10.0 Å². The van der Waals surface area contributed by atoms with Crippen molar-refractivity contribution in [1.29, 1.82) is 0 Å². The molecular formula is C11H14N2O3S. The minimum Gasteiger partial charge on any atom is -0.326 e. The van der Waals surface area contributed by atoms with E-state index in [9.17, 15) is 13.2 Å². The maximum Gasteiger partial charge on any atom is 0.228 e. The van der Waals surface area contributed by atoms with Gasteiger partial charge in [0, 0.05) is 12.2 Å². The predicted molar refractivity (Wildman–Crippen MR) is 65.3 cm³/mol. The molecule has 0 bridgehead atoms. The van der Waals surface area contributed by atoms with Gasteiger partial charge in [0.1, 0.15) is 0 Å². The van der Waals surface area contributed by atoms with Gasteiger partial charge in [-0.15, -0.1) is 0 Å². The molecule has 2 N–H and O–H groups in total. The van der Waals surface area contributed by atoms with Crippen molar-refractivity contribution in [1.82, 2.24) is 4.72 Å². The van der Waals surface area contributed by atoms with E-state index >= 15 is 0 Å². The molecule has 2 rings (SSSR count). The average molecular weight is 254 g/mol. The van der Waals surface area contributed by atoms with Gasteiger partial charge in [0.15, 0.2) is 0 Å². The molecule has 1 aromatic rings. The molecule has 0 radical (unpaired) electrons. The van der Waals surface area contributed by atoms with Crippen LogP contribution in [0.5, 0.6) is 0 Å². The minimum atomic E-state index is -3.13. The number of hydrogen-bond acceptors (Lipinski definition) is 3. The number of fused-ring (bicyclic) bond motifs is 1. The van der Waals surface area contributed by atoms with Crippen molar-refractivity contribution in [3.8, 4) is 0 Å². The predicted octanol–water partition coefficient (Wildman–Crippen LogP) is 0.273. The van der Waals surface area contributed by atoms with E-state index in [0.717, 1.165) is 23.1 Å². The van der Waals surface area contributed by atoms with E-state index in [2.05, 4.69) is 10.0 Å². The van der Waals surface area contributed by atoms with Crippen molar-refractivity contribution in [2.75, 3.05) is 18.1 Å². The normalized spacial score (nSPS) is 14.5. The maximum atomic E-state index is 11.2. The lowest BCUT2D eigenvalue weighted by atomic mass is 10.1. The molecule has 1 aromatic carbocycles. The lowest BCUT2D eigenvalue weighted by Crippen LogP contribution is -2.24. The number of sulfonamides is 1. The maximum absolute atomic E-state index is 11.2. The van der Waals surface area contributed by atoms with Crippen molar-refractivity contribution in [2.24, 2.45) is 0 Å². The van der Waals surface area contributed by atoms with E-state index < -0.39 is 10.0 Å². The molecule has 0 saturated heterocycles. The van der Waals surface area contributed by atoms with Gasteiger partial charge in [-0.25, -0.2) is 13.1 Å². The van der Waals surface area contributed by atoms with Crippen LogP contribution in [-0.2, 0) is 27.7 Å². The molecule has 92 valence electrons.